The molecule has 0 aliphatic carbocycles. The predicted molar refractivity (Wildman–Crippen MR) is 69.3 cm³/mol. The molecule has 0 aliphatic heterocycles. The molecule has 1 rings (SSSR count). The van der Waals surface area contributed by atoms with Gasteiger partial charge in [-0.1, -0.05) is 12.1 Å². The number of aromatic nitrogens is 1. The summed E-state index contributed by atoms with van der Waals surface area (Å²) in [5.74, 6) is 0. The van der Waals surface area contributed by atoms with Gasteiger partial charge >= 0.3 is 0 Å². The maximum absolute atomic E-state index is 4.37. The van der Waals surface area contributed by atoms with E-state index in [4.69, 9.17) is 0 Å². The number of hydrogen-bond acceptors (Lipinski definition) is 2. The van der Waals surface area contributed by atoms with E-state index in [1.54, 1.807) is 0 Å². The third kappa shape index (κ3) is 5.08. The van der Waals surface area contributed by atoms with Gasteiger partial charge in [-0.2, -0.15) is 0 Å². The van der Waals surface area contributed by atoms with Crippen molar-refractivity contribution in [2.24, 2.45) is 0 Å². The van der Waals surface area contributed by atoms with Crippen LogP contribution in [0.15, 0.2) is 31.0 Å². The number of rotatable bonds is 7. The number of pyridine rings is 1. The van der Waals surface area contributed by atoms with Crippen molar-refractivity contribution < 1.29 is 0 Å². The van der Waals surface area contributed by atoms with E-state index in [0.29, 0.717) is 6.04 Å². The van der Waals surface area contributed by atoms with Crippen LogP contribution in [-0.4, -0.2) is 11.0 Å². The zero-order valence-corrected chi connectivity index (χ0v) is 10.4. The molecule has 0 aliphatic rings. The highest BCUT2D eigenvalue weighted by Gasteiger charge is 2.01. The maximum atomic E-state index is 4.37. The second kappa shape index (κ2) is 7.18. The Morgan fingerprint density at radius 1 is 1.50 bits per heavy atom. The Kier molecular flexibility index (Phi) is 5.79. The van der Waals surface area contributed by atoms with Crippen molar-refractivity contribution in [1.29, 1.82) is 0 Å². The first-order chi connectivity index (χ1) is 7.72. The summed E-state index contributed by atoms with van der Waals surface area (Å²) >= 11 is 0. The number of hydrogen-bond donors (Lipinski definition) is 1. The number of nitrogens with one attached hydrogen (secondary N) is 1. The van der Waals surface area contributed by atoms with E-state index in [2.05, 4.69) is 42.9 Å². The molecule has 2 heteroatoms. The summed E-state index contributed by atoms with van der Waals surface area (Å²) in [4.78, 5) is 4.37. The summed E-state index contributed by atoms with van der Waals surface area (Å²) in [6.07, 6.45) is 7.40. The first-order valence-corrected chi connectivity index (χ1v) is 5.98. The topological polar surface area (TPSA) is 24.9 Å². The molecule has 0 aromatic carbocycles. The molecule has 1 unspecified atom stereocenters. The fourth-order valence-electron chi connectivity index (χ4n) is 1.55. The van der Waals surface area contributed by atoms with Crippen molar-refractivity contribution >= 4 is 0 Å². The molecule has 0 spiro atoms. The van der Waals surface area contributed by atoms with Crippen LogP contribution in [0.25, 0.3) is 0 Å². The Hall–Kier alpha value is -1.15. The molecule has 0 radical (unpaired) electrons. The zero-order valence-electron chi connectivity index (χ0n) is 10.4. The van der Waals surface area contributed by atoms with Gasteiger partial charge in [-0.25, -0.2) is 0 Å². The second-order valence-electron chi connectivity index (χ2n) is 4.33. The summed E-state index contributed by atoms with van der Waals surface area (Å²) in [5, 5.41) is 3.48. The molecular weight excluding hydrogens is 196 g/mol. The summed E-state index contributed by atoms with van der Waals surface area (Å²) in [6, 6.07) is 4.73. The average molecular weight is 218 g/mol. The summed E-state index contributed by atoms with van der Waals surface area (Å²) < 4.78 is 0. The van der Waals surface area contributed by atoms with E-state index in [1.807, 2.05) is 12.3 Å². The molecule has 1 aromatic heterocycles. The second-order valence-corrected chi connectivity index (χ2v) is 4.33. The Morgan fingerprint density at radius 2 is 2.31 bits per heavy atom. The molecule has 1 aromatic rings. The normalized spacial score (nSPS) is 12.4. The van der Waals surface area contributed by atoms with Gasteiger partial charge < -0.3 is 5.32 Å². The van der Waals surface area contributed by atoms with Crippen LogP contribution in [0.3, 0.4) is 0 Å². The van der Waals surface area contributed by atoms with Gasteiger partial charge in [0.25, 0.3) is 0 Å². The highest BCUT2D eigenvalue weighted by molar-refractivity contribution is 5.11. The van der Waals surface area contributed by atoms with Crippen LogP contribution in [-0.2, 0) is 6.54 Å². The highest BCUT2D eigenvalue weighted by Crippen LogP contribution is 2.03. The van der Waals surface area contributed by atoms with E-state index in [1.165, 1.54) is 18.4 Å². The van der Waals surface area contributed by atoms with Crippen molar-refractivity contribution in [1.82, 2.24) is 10.3 Å². The molecule has 0 saturated heterocycles. The Labute approximate surface area is 98.8 Å². The largest absolute Gasteiger partial charge is 0.309 e. The minimum atomic E-state index is 0.544. The molecule has 16 heavy (non-hydrogen) atoms. The molecule has 2 nitrogen and oxygen atoms in total. The Bertz CT molecular complexity index is 303. The van der Waals surface area contributed by atoms with E-state index < -0.39 is 0 Å². The highest BCUT2D eigenvalue weighted by atomic mass is 14.9. The van der Waals surface area contributed by atoms with E-state index in [-0.39, 0.29) is 0 Å². The van der Waals surface area contributed by atoms with Gasteiger partial charge in [-0.3, -0.25) is 4.98 Å². The lowest BCUT2D eigenvalue weighted by Crippen LogP contribution is -2.25. The third-order valence-electron chi connectivity index (χ3n) is 2.65. The SMILES string of the molecule is C=CCCCC(C)NCc1ccc(C)cn1. The van der Waals surface area contributed by atoms with Gasteiger partial charge in [-0.15, -0.1) is 6.58 Å². The minimum Gasteiger partial charge on any atom is -0.309 e. The quantitative estimate of drug-likeness (QED) is 0.561. The van der Waals surface area contributed by atoms with Crippen LogP contribution in [0.1, 0.15) is 37.4 Å². The molecule has 1 atom stereocenters. The fraction of sp³-hybridized carbons (Fsp3) is 0.500. The van der Waals surface area contributed by atoms with Gasteiger partial charge in [0.05, 0.1) is 5.69 Å². The minimum absolute atomic E-state index is 0.544. The van der Waals surface area contributed by atoms with Crippen LogP contribution >= 0.6 is 0 Å². The fourth-order valence-corrected chi connectivity index (χ4v) is 1.55. The standard InChI is InChI=1S/C14H22N2/c1-4-5-6-7-13(3)15-11-14-9-8-12(2)10-16-14/h4,8-10,13,15H,1,5-7,11H2,2-3H3. The van der Waals surface area contributed by atoms with Gasteiger partial charge in [0.1, 0.15) is 0 Å². The van der Waals surface area contributed by atoms with Crippen LogP contribution in [0.4, 0.5) is 0 Å². The third-order valence-corrected chi connectivity index (χ3v) is 2.65. The number of unbranched alkanes of at least 4 members (excludes halogenated alkanes) is 1. The molecular formula is C14H22N2. The predicted octanol–water partition coefficient (Wildman–Crippen LogP) is 3.22. The lowest BCUT2D eigenvalue weighted by Gasteiger charge is -2.12. The monoisotopic (exact) mass is 218 g/mol. The number of aryl methyl sites for hydroxylation is 1. The molecule has 0 amide bonds. The number of allylic oxidation sites excluding steroid dienone is 1. The van der Waals surface area contributed by atoms with E-state index >= 15 is 0 Å². The molecule has 0 fully saturated rings. The van der Waals surface area contributed by atoms with Crippen molar-refractivity contribution in [2.75, 3.05) is 0 Å². The van der Waals surface area contributed by atoms with E-state index in [9.17, 15) is 0 Å². The van der Waals surface area contributed by atoms with Crippen LogP contribution in [0, 0.1) is 6.92 Å². The number of nitrogens with zero attached hydrogens (tertiary/aromatic N) is 1. The van der Waals surface area contributed by atoms with Gasteiger partial charge in [0.15, 0.2) is 0 Å². The average Bonchev–Trinajstić information content (AvgIpc) is 2.29. The van der Waals surface area contributed by atoms with Crippen LogP contribution in [0.2, 0.25) is 0 Å². The van der Waals surface area contributed by atoms with Gasteiger partial charge in [0.2, 0.25) is 0 Å². The summed E-state index contributed by atoms with van der Waals surface area (Å²) in [5.41, 5.74) is 2.32. The molecule has 0 bridgehead atoms. The van der Waals surface area contributed by atoms with Crippen LogP contribution in [0.5, 0.6) is 0 Å². The molecule has 1 N–H and O–H groups in total. The lowest BCUT2D eigenvalue weighted by molar-refractivity contribution is 0.496. The van der Waals surface area contributed by atoms with E-state index in [0.717, 1.165) is 18.7 Å². The smallest absolute Gasteiger partial charge is 0.0541 e. The lowest BCUT2D eigenvalue weighted by atomic mass is 10.1. The van der Waals surface area contributed by atoms with Gasteiger partial charge in [0, 0.05) is 18.8 Å². The summed E-state index contributed by atoms with van der Waals surface area (Å²) in [7, 11) is 0. The molecule has 1 heterocycles. The van der Waals surface area contributed by atoms with Crippen molar-refractivity contribution in [3.8, 4) is 0 Å². The summed E-state index contributed by atoms with van der Waals surface area (Å²) in [6.45, 7) is 8.86. The molecule has 88 valence electrons. The maximum Gasteiger partial charge on any atom is 0.0541 e. The van der Waals surface area contributed by atoms with Crippen molar-refractivity contribution in [3.63, 3.8) is 0 Å². The van der Waals surface area contributed by atoms with Gasteiger partial charge in [-0.05, 0) is 44.7 Å². The van der Waals surface area contributed by atoms with Crippen molar-refractivity contribution in [2.45, 2.75) is 45.7 Å². The van der Waals surface area contributed by atoms with Crippen LogP contribution < -0.4 is 5.32 Å². The zero-order chi connectivity index (χ0) is 11.8. The Morgan fingerprint density at radius 3 is 2.94 bits per heavy atom. The first kappa shape index (κ1) is 12.9. The van der Waals surface area contributed by atoms with Crippen molar-refractivity contribution in [3.05, 3.63) is 42.2 Å². The first-order valence-electron chi connectivity index (χ1n) is 5.98. The Balaban J connectivity index is 2.23. The molecule has 0 saturated carbocycles.